The quantitative estimate of drug-likeness (QED) is 0.149. The number of hydrogen-bond acceptors (Lipinski definition) is 18. The first-order valence-electron chi connectivity index (χ1n) is 26.2. The molecule has 18 nitrogen and oxygen atoms in total. The van der Waals surface area contributed by atoms with E-state index in [4.69, 9.17) is 61.6 Å². The van der Waals surface area contributed by atoms with Crippen molar-refractivity contribution in [3.63, 3.8) is 0 Å². The summed E-state index contributed by atoms with van der Waals surface area (Å²) >= 11 is 0. The van der Waals surface area contributed by atoms with Gasteiger partial charge >= 0.3 is 0 Å². The van der Waals surface area contributed by atoms with Gasteiger partial charge in [-0.05, 0) is 67.5 Å². The van der Waals surface area contributed by atoms with E-state index < -0.39 is 0 Å². The Balaban J connectivity index is 0.000000173. The SMILES string of the molecule is COc1c(C)c(OC)c(OC)c2c1C[C@H]1C3OC[C@H]4c5c(c(OC)c(C)c(OC)c5OC)CC([C@@H]2N1C)N34.COc1c(C)c(OC)c(OC)c2c1C[C@H]1CN3C(Cc4c(OC)c(C)c(OC)c(OC)c4[C@@H]3CO)[C@@H]2N1C. The molecule has 11 rings (SSSR count). The summed E-state index contributed by atoms with van der Waals surface area (Å²) < 4.78 is 78.0. The van der Waals surface area contributed by atoms with Gasteiger partial charge in [0.1, 0.15) is 29.2 Å². The van der Waals surface area contributed by atoms with Gasteiger partial charge in [-0.2, -0.15) is 0 Å². The van der Waals surface area contributed by atoms with Crippen LogP contribution in [0.25, 0.3) is 0 Å². The van der Waals surface area contributed by atoms with Gasteiger partial charge in [0.2, 0.25) is 0 Å². The molecule has 0 radical (unpaired) electrons. The Hall–Kier alpha value is -5.76. The molecule has 4 aromatic carbocycles. The standard InChI is InChI=1S/C29H38N2O7.C29H40N2O7/c1-13-23(32-4)15-10-17-22-21-16(24(33-5)14(2)26(35-7)28(21)37-9)11-18(30(22)3)29-31(17)19(12-38-29)20(15)27(36-8)25(13)34-6;1-14-24(33-4)17-10-16-12-31-19(23(30(16)3)22(17)29(38-9)27(14)36-7)11-18-21(20(31)13-32)28(37-8)26(35-6)15(2)25(18)34-5/h17-19,22,29H,10-12H2,1-9H3;16,19-20,23,32H,10-13H2,1-9H3/t17?,18-,19-,22-,29?;16-,19?,20-,23-/m00/s1. The van der Waals surface area contributed by atoms with Crippen LogP contribution in [0.4, 0.5) is 0 Å². The van der Waals surface area contributed by atoms with Gasteiger partial charge in [-0.25, -0.2) is 0 Å². The number of aliphatic hydroxyl groups is 1. The molecule has 9 atom stereocenters. The Morgan fingerprint density at radius 1 is 0.421 bits per heavy atom. The van der Waals surface area contributed by atoms with Crippen molar-refractivity contribution in [2.45, 2.75) is 108 Å². The molecule has 3 unspecified atom stereocenters. The predicted molar refractivity (Wildman–Crippen MR) is 285 cm³/mol. The molecule has 414 valence electrons. The molecule has 0 spiro atoms. The van der Waals surface area contributed by atoms with Crippen LogP contribution in [0.2, 0.25) is 0 Å². The number of fused-ring (bicyclic) bond motifs is 15. The molecule has 4 aromatic rings. The third-order valence-electron chi connectivity index (χ3n) is 18.2. The van der Waals surface area contributed by atoms with Crippen molar-refractivity contribution < 1.29 is 66.7 Å². The average molecular weight is 1060 g/mol. The first-order chi connectivity index (χ1) is 36.7. The molecule has 76 heavy (non-hydrogen) atoms. The Bertz CT molecular complexity index is 2860. The second-order valence-electron chi connectivity index (χ2n) is 20.9. The first-order valence-corrected chi connectivity index (χ1v) is 26.2. The number of likely N-dealkylation sites (N-methyl/N-ethyl adjacent to an activating group) is 2. The number of benzene rings is 4. The van der Waals surface area contributed by atoms with Crippen molar-refractivity contribution in [3.8, 4) is 69.0 Å². The van der Waals surface area contributed by atoms with Gasteiger partial charge in [-0.3, -0.25) is 19.6 Å². The molecule has 18 heteroatoms. The maximum Gasteiger partial charge on any atom is 0.167 e. The van der Waals surface area contributed by atoms with Crippen LogP contribution in [0, 0.1) is 27.7 Å². The molecule has 3 fully saturated rings. The van der Waals surface area contributed by atoms with E-state index in [-0.39, 0.29) is 61.2 Å². The van der Waals surface area contributed by atoms with E-state index in [1.807, 2.05) is 27.7 Å². The van der Waals surface area contributed by atoms with E-state index in [0.717, 1.165) is 133 Å². The number of ether oxygens (including phenoxy) is 13. The fourth-order valence-corrected chi connectivity index (χ4v) is 15.4. The summed E-state index contributed by atoms with van der Waals surface area (Å²) in [6, 6.07) is 0.295. The fourth-order valence-electron chi connectivity index (χ4n) is 15.4. The van der Waals surface area contributed by atoms with Gasteiger partial charge in [-0.1, -0.05) is 0 Å². The number of rotatable bonds is 13. The molecule has 0 aromatic heterocycles. The maximum absolute atomic E-state index is 10.9. The monoisotopic (exact) mass is 1050 g/mol. The van der Waals surface area contributed by atoms with Gasteiger partial charge in [0, 0.05) is 91.4 Å². The molecule has 7 aliphatic heterocycles. The number of nitrogens with zero attached hydrogens (tertiary/aromatic N) is 4. The van der Waals surface area contributed by atoms with Crippen molar-refractivity contribution in [1.29, 1.82) is 0 Å². The second kappa shape index (κ2) is 20.6. The molecule has 0 saturated carbocycles. The fraction of sp³-hybridized carbons (Fsp3) is 0.586. The summed E-state index contributed by atoms with van der Waals surface area (Å²) in [7, 11) is 24.8. The highest BCUT2D eigenvalue weighted by Gasteiger charge is 2.60. The van der Waals surface area contributed by atoms with E-state index in [1.165, 1.54) is 11.1 Å². The molecule has 1 N–H and O–H groups in total. The third kappa shape index (κ3) is 7.32. The normalized spacial score (nSPS) is 25.7. The lowest BCUT2D eigenvalue weighted by Crippen LogP contribution is -2.66. The molecule has 3 saturated heterocycles. The van der Waals surface area contributed by atoms with Crippen LogP contribution in [0.15, 0.2) is 0 Å². The van der Waals surface area contributed by atoms with Gasteiger partial charge in [-0.15, -0.1) is 0 Å². The summed E-state index contributed by atoms with van der Waals surface area (Å²) in [5.74, 6) is 9.13. The van der Waals surface area contributed by atoms with Crippen LogP contribution >= 0.6 is 0 Å². The zero-order valence-electron chi connectivity index (χ0n) is 47.7. The number of methoxy groups -OCH3 is 12. The van der Waals surface area contributed by atoms with Gasteiger partial charge in [0.05, 0.1) is 129 Å². The largest absolute Gasteiger partial charge is 0.496 e. The molecule has 7 heterocycles. The maximum atomic E-state index is 10.9. The molecular formula is C58H78N4O14. The first kappa shape index (κ1) is 53.6. The highest BCUT2D eigenvalue weighted by molar-refractivity contribution is 5.70. The van der Waals surface area contributed by atoms with E-state index in [9.17, 15) is 5.11 Å². The Labute approximate surface area is 447 Å². The molecule has 0 amide bonds. The molecule has 7 aliphatic rings. The average Bonchev–Trinajstić information content (AvgIpc) is 3.95. The van der Waals surface area contributed by atoms with Crippen LogP contribution in [0.1, 0.15) is 90.9 Å². The number of piperazine rings is 2. The smallest absolute Gasteiger partial charge is 0.167 e. The minimum atomic E-state index is -0.275. The van der Waals surface area contributed by atoms with Crippen molar-refractivity contribution in [2.24, 2.45) is 0 Å². The Kier molecular flexibility index (Phi) is 14.5. The minimum absolute atomic E-state index is 0.0174. The van der Waals surface area contributed by atoms with Crippen molar-refractivity contribution in [3.05, 3.63) is 66.8 Å². The molecule has 0 aliphatic carbocycles. The molecule has 4 bridgehead atoms. The Morgan fingerprint density at radius 2 is 0.776 bits per heavy atom. The van der Waals surface area contributed by atoms with Crippen LogP contribution in [-0.2, 0) is 30.4 Å². The molecular weight excluding hydrogens is 977 g/mol. The van der Waals surface area contributed by atoms with E-state index in [0.29, 0.717) is 30.3 Å². The van der Waals surface area contributed by atoms with Crippen LogP contribution in [0.5, 0.6) is 69.0 Å². The third-order valence-corrected chi connectivity index (χ3v) is 18.2. The van der Waals surface area contributed by atoms with Gasteiger partial charge in [0.25, 0.3) is 0 Å². The zero-order valence-corrected chi connectivity index (χ0v) is 47.7. The lowest BCUT2D eigenvalue weighted by atomic mass is 9.73. The summed E-state index contributed by atoms with van der Waals surface area (Å²) in [5.41, 5.74) is 12.6. The van der Waals surface area contributed by atoms with Gasteiger partial charge < -0.3 is 66.7 Å². The summed E-state index contributed by atoms with van der Waals surface area (Å²) in [6.07, 6.45) is 3.00. The number of aliphatic hydroxyl groups excluding tert-OH is 1. The van der Waals surface area contributed by atoms with Crippen LogP contribution < -0.4 is 56.8 Å². The lowest BCUT2D eigenvalue weighted by Gasteiger charge is -2.58. The van der Waals surface area contributed by atoms with E-state index in [1.54, 1.807) is 85.3 Å². The van der Waals surface area contributed by atoms with Crippen LogP contribution in [-0.4, -0.2) is 174 Å². The van der Waals surface area contributed by atoms with E-state index in [2.05, 4.69) is 33.7 Å². The lowest BCUT2D eigenvalue weighted by molar-refractivity contribution is -0.131. The second-order valence-corrected chi connectivity index (χ2v) is 20.9. The summed E-state index contributed by atoms with van der Waals surface area (Å²) in [4.78, 5) is 9.93. The highest BCUT2D eigenvalue weighted by atomic mass is 16.5. The van der Waals surface area contributed by atoms with E-state index >= 15 is 0 Å². The highest BCUT2D eigenvalue weighted by Crippen LogP contribution is 2.62. The minimum Gasteiger partial charge on any atom is -0.496 e. The van der Waals surface area contributed by atoms with Crippen molar-refractivity contribution in [1.82, 2.24) is 19.6 Å². The Morgan fingerprint density at radius 3 is 1.21 bits per heavy atom. The van der Waals surface area contributed by atoms with Gasteiger partial charge in [0.15, 0.2) is 46.0 Å². The topological polar surface area (TPSA) is 153 Å². The van der Waals surface area contributed by atoms with Crippen LogP contribution in [0.3, 0.4) is 0 Å². The van der Waals surface area contributed by atoms with Crippen molar-refractivity contribution in [2.75, 3.05) is 119 Å². The summed E-state index contributed by atoms with van der Waals surface area (Å²) in [6.45, 7) is 9.38. The summed E-state index contributed by atoms with van der Waals surface area (Å²) in [5, 5.41) is 10.9. The number of hydrogen-bond donors (Lipinski definition) is 1. The predicted octanol–water partition coefficient (Wildman–Crippen LogP) is 6.82. The van der Waals surface area contributed by atoms with Crippen molar-refractivity contribution >= 4 is 0 Å². The zero-order chi connectivity index (χ0) is 54.5.